The van der Waals surface area contributed by atoms with Gasteiger partial charge in [-0.2, -0.15) is 0 Å². The SMILES string of the molecule is C=C(C)C(=C\C)/C=C/C=C/c1ccc(N(c2ccc(/C=C/C=C/C(=C/C)C(=C)C)cc2)c2ccc(/C=C/C=C/c3ccccc3C)cc2)cc1. The Hall–Kier alpha value is -5.92. The van der Waals surface area contributed by atoms with E-state index in [-0.39, 0.29) is 0 Å². The van der Waals surface area contributed by atoms with Gasteiger partial charge in [-0.05, 0) is 110 Å². The second-order valence-electron chi connectivity index (χ2n) is 12.2. The van der Waals surface area contributed by atoms with Crippen LogP contribution in [-0.4, -0.2) is 0 Å². The molecule has 1 heteroatoms. The molecule has 0 aromatic heterocycles. The van der Waals surface area contributed by atoms with Gasteiger partial charge in [-0.15, -0.1) is 0 Å². The quantitative estimate of drug-likeness (QED) is 0.123. The molecule has 0 saturated carbocycles. The van der Waals surface area contributed by atoms with Crippen molar-refractivity contribution in [3.8, 4) is 0 Å². The number of aryl methyl sites for hydroxylation is 1. The van der Waals surface area contributed by atoms with E-state index < -0.39 is 0 Å². The van der Waals surface area contributed by atoms with Gasteiger partial charge in [-0.3, -0.25) is 0 Å². The van der Waals surface area contributed by atoms with Crippen molar-refractivity contribution in [3.63, 3.8) is 0 Å². The molecule has 1 nitrogen and oxygen atoms in total. The van der Waals surface area contributed by atoms with Crippen molar-refractivity contribution < 1.29 is 0 Å². The first-order valence-corrected chi connectivity index (χ1v) is 17.1. The van der Waals surface area contributed by atoms with Crippen LogP contribution in [0.1, 0.15) is 55.5 Å². The largest absolute Gasteiger partial charge is 0.311 e. The summed E-state index contributed by atoms with van der Waals surface area (Å²) in [5.41, 5.74) is 13.6. The lowest BCUT2D eigenvalue weighted by Crippen LogP contribution is -2.09. The smallest absolute Gasteiger partial charge is 0.0462 e. The summed E-state index contributed by atoms with van der Waals surface area (Å²) in [4.78, 5) is 2.29. The third-order valence-corrected chi connectivity index (χ3v) is 8.28. The Morgan fingerprint density at radius 3 is 1.20 bits per heavy atom. The van der Waals surface area contributed by atoms with Crippen molar-refractivity contribution in [2.45, 2.75) is 34.6 Å². The van der Waals surface area contributed by atoms with E-state index in [1.54, 1.807) is 0 Å². The molecule has 0 fully saturated rings. The molecule has 0 radical (unpaired) electrons. The lowest BCUT2D eigenvalue weighted by molar-refractivity contribution is 1.28. The highest BCUT2D eigenvalue weighted by molar-refractivity contribution is 5.78. The van der Waals surface area contributed by atoms with Crippen molar-refractivity contribution in [2.75, 3.05) is 4.90 Å². The fourth-order valence-corrected chi connectivity index (χ4v) is 5.37. The zero-order valence-corrected chi connectivity index (χ0v) is 30.2. The molecule has 4 rings (SSSR count). The summed E-state index contributed by atoms with van der Waals surface area (Å²) in [5.74, 6) is 0. The van der Waals surface area contributed by atoms with Gasteiger partial charge in [0.15, 0.2) is 0 Å². The van der Waals surface area contributed by atoms with Gasteiger partial charge >= 0.3 is 0 Å². The molecule has 0 aliphatic rings. The molecule has 0 atom stereocenters. The number of hydrogen-bond acceptors (Lipinski definition) is 1. The molecular formula is C49H49N. The first kappa shape index (κ1) is 36.9. The van der Waals surface area contributed by atoms with Gasteiger partial charge in [-0.1, -0.05) is 170 Å². The highest BCUT2D eigenvalue weighted by atomic mass is 15.1. The Bertz CT molecular complexity index is 1890. The number of nitrogens with zero attached hydrogens (tertiary/aromatic N) is 1. The van der Waals surface area contributed by atoms with Crippen LogP contribution in [0.2, 0.25) is 0 Å². The van der Waals surface area contributed by atoms with Gasteiger partial charge in [0.25, 0.3) is 0 Å². The van der Waals surface area contributed by atoms with Gasteiger partial charge < -0.3 is 4.90 Å². The lowest BCUT2D eigenvalue weighted by atomic mass is 10.1. The minimum Gasteiger partial charge on any atom is -0.311 e. The minimum atomic E-state index is 1.06. The molecule has 4 aromatic rings. The average Bonchev–Trinajstić information content (AvgIpc) is 3.12. The number of rotatable bonds is 14. The summed E-state index contributed by atoms with van der Waals surface area (Å²) in [5, 5.41) is 0. The minimum absolute atomic E-state index is 1.06. The summed E-state index contributed by atoms with van der Waals surface area (Å²) < 4.78 is 0. The zero-order valence-electron chi connectivity index (χ0n) is 30.2. The number of allylic oxidation sites excluding steroid dienone is 14. The Kier molecular flexibility index (Phi) is 14.2. The van der Waals surface area contributed by atoms with E-state index >= 15 is 0 Å². The number of benzene rings is 4. The molecule has 0 amide bonds. The molecule has 4 aromatic carbocycles. The van der Waals surface area contributed by atoms with Gasteiger partial charge in [0.05, 0.1) is 0 Å². The van der Waals surface area contributed by atoms with Crippen LogP contribution in [0, 0.1) is 6.92 Å². The average molecular weight is 652 g/mol. The van der Waals surface area contributed by atoms with E-state index in [1.807, 2.05) is 27.7 Å². The Morgan fingerprint density at radius 2 is 0.840 bits per heavy atom. The second kappa shape index (κ2) is 19.2. The van der Waals surface area contributed by atoms with Gasteiger partial charge in [-0.25, -0.2) is 0 Å². The van der Waals surface area contributed by atoms with Crippen molar-refractivity contribution in [3.05, 3.63) is 221 Å². The molecule has 0 aliphatic carbocycles. The zero-order chi connectivity index (χ0) is 35.7. The molecule has 0 unspecified atom stereocenters. The van der Waals surface area contributed by atoms with E-state index in [0.29, 0.717) is 0 Å². The predicted molar refractivity (Wildman–Crippen MR) is 224 cm³/mol. The van der Waals surface area contributed by atoms with Crippen LogP contribution in [0.5, 0.6) is 0 Å². The van der Waals surface area contributed by atoms with Crippen molar-refractivity contribution in [1.29, 1.82) is 0 Å². The van der Waals surface area contributed by atoms with Crippen LogP contribution in [-0.2, 0) is 0 Å². The molecule has 50 heavy (non-hydrogen) atoms. The Labute approximate surface area is 301 Å². The van der Waals surface area contributed by atoms with Crippen LogP contribution in [0.15, 0.2) is 193 Å². The topological polar surface area (TPSA) is 3.24 Å². The number of hydrogen-bond donors (Lipinski definition) is 0. The van der Waals surface area contributed by atoms with E-state index in [2.05, 4.69) is 207 Å². The summed E-state index contributed by atoms with van der Waals surface area (Å²) in [7, 11) is 0. The maximum Gasteiger partial charge on any atom is 0.0462 e. The highest BCUT2D eigenvalue weighted by Crippen LogP contribution is 2.35. The van der Waals surface area contributed by atoms with E-state index in [4.69, 9.17) is 0 Å². The first-order chi connectivity index (χ1) is 24.3. The maximum absolute atomic E-state index is 4.04. The molecule has 0 N–H and O–H groups in total. The van der Waals surface area contributed by atoms with Crippen molar-refractivity contribution >= 4 is 41.4 Å². The van der Waals surface area contributed by atoms with Crippen LogP contribution in [0.3, 0.4) is 0 Å². The fourth-order valence-electron chi connectivity index (χ4n) is 5.37. The Morgan fingerprint density at radius 1 is 0.480 bits per heavy atom. The van der Waals surface area contributed by atoms with Crippen LogP contribution >= 0.6 is 0 Å². The second-order valence-corrected chi connectivity index (χ2v) is 12.2. The van der Waals surface area contributed by atoms with Crippen molar-refractivity contribution in [2.24, 2.45) is 0 Å². The molecule has 0 spiro atoms. The molecular weight excluding hydrogens is 603 g/mol. The normalized spacial score (nSPS) is 12.8. The van der Waals surface area contributed by atoms with Gasteiger partial charge in [0.1, 0.15) is 0 Å². The molecule has 0 aliphatic heterocycles. The first-order valence-electron chi connectivity index (χ1n) is 17.1. The lowest BCUT2D eigenvalue weighted by Gasteiger charge is -2.26. The van der Waals surface area contributed by atoms with Gasteiger partial charge in [0.2, 0.25) is 0 Å². The van der Waals surface area contributed by atoms with Crippen LogP contribution in [0.4, 0.5) is 17.1 Å². The van der Waals surface area contributed by atoms with Crippen molar-refractivity contribution in [1.82, 2.24) is 0 Å². The summed E-state index contributed by atoms with van der Waals surface area (Å²) in [6, 6.07) is 34.5. The highest BCUT2D eigenvalue weighted by Gasteiger charge is 2.12. The predicted octanol–water partition coefficient (Wildman–Crippen LogP) is 14.4. The molecule has 0 bridgehead atoms. The Balaban J connectivity index is 1.58. The van der Waals surface area contributed by atoms with E-state index in [1.165, 1.54) is 11.1 Å². The summed E-state index contributed by atoms with van der Waals surface area (Å²) in [6.45, 7) is 18.3. The van der Waals surface area contributed by atoms with Gasteiger partial charge in [0, 0.05) is 17.1 Å². The third-order valence-electron chi connectivity index (χ3n) is 8.28. The van der Waals surface area contributed by atoms with E-state index in [0.717, 1.165) is 56.0 Å². The number of anilines is 3. The molecule has 0 heterocycles. The van der Waals surface area contributed by atoms with Crippen LogP contribution in [0.25, 0.3) is 24.3 Å². The fraction of sp³-hybridized carbons (Fsp3) is 0.102. The van der Waals surface area contributed by atoms with Crippen LogP contribution < -0.4 is 4.90 Å². The van der Waals surface area contributed by atoms with E-state index in [9.17, 15) is 0 Å². The molecule has 0 saturated heterocycles. The maximum atomic E-state index is 4.04. The molecule has 250 valence electrons. The summed E-state index contributed by atoms with van der Waals surface area (Å²) in [6.07, 6.45) is 29.3. The summed E-state index contributed by atoms with van der Waals surface area (Å²) >= 11 is 0. The standard InChI is InChI=1S/C49H49N/c1-8-44(38(3)4)22-15-11-19-41-26-32-47(33-27-41)50(48-34-28-42(29-35-48)20-12-16-23-45(9-2)39(5)6)49-36-30-43(31-37-49)21-13-17-25-46-24-14-10-18-40(46)7/h8-37H,3,5H2,1-2,4,6-7H3/b19-11+,20-12+,21-13+,22-15+,23-16+,25-17+,44-8-,45-9-. The third kappa shape index (κ3) is 11.1. The monoisotopic (exact) mass is 651 g/mol.